The first-order valence-electron chi connectivity index (χ1n) is 18.3. The molecule has 55 heavy (non-hydrogen) atoms. The average Bonchev–Trinajstić information content (AvgIpc) is 3.94. The highest BCUT2D eigenvalue weighted by atomic mass is 32.1. The van der Waals surface area contributed by atoms with E-state index >= 15 is 0 Å². The van der Waals surface area contributed by atoms with Gasteiger partial charge in [-0.25, -0.2) is 15.0 Å². The minimum Gasteiger partial charge on any atom is -0.456 e. The number of aromatic nitrogens is 3. The highest BCUT2D eigenvalue weighted by Crippen LogP contribution is 2.45. The van der Waals surface area contributed by atoms with E-state index in [2.05, 4.69) is 121 Å². The van der Waals surface area contributed by atoms with Crippen molar-refractivity contribution in [3.05, 3.63) is 164 Å². The van der Waals surface area contributed by atoms with Crippen LogP contribution >= 0.6 is 11.3 Å². The summed E-state index contributed by atoms with van der Waals surface area (Å²) in [5.74, 6) is 1.73. The van der Waals surface area contributed by atoms with Gasteiger partial charge in [-0.2, -0.15) is 0 Å². The molecule has 0 unspecified atom stereocenters. The molecule has 4 aromatic heterocycles. The third-order valence-corrected chi connectivity index (χ3v) is 11.9. The molecule has 256 valence electrons. The summed E-state index contributed by atoms with van der Waals surface area (Å²) in [6.07, 6.45) is 0. The van der Waals surface area contributed by atoms with Crippen LogP contribution in [0.1, 0.15) is 0 Å². The fourth-order valence-electron chi connectivity index (χ4n) is 8.24. The third kappa shape index (κ3) is 4.68. The summed E-state index contributed by atoms with van der Waals surface area (Å²) in [6, 6.07) is 56.8. The van der Waals surface area contributed by atoms with E-state index in [9.17, 15) is 0 Å². The first-order chi connectivity index (χ1) is 27.2. The minimum atomic E-state index is 0.568. The SMILES string of the molecule is c1ccc2cc(-c3nc(-c4cccc5oc6ccccc6c45)nc(-c4cc(-c5cccc6sc7ccccc7c56)cc5oc6ccccc6c45)n3)ccc2c1. The van der Waals surface area contributed by atoms with E-state index in [0.29, 0.717) is 17.5 Å². The Bertz CT molecular complexity index is 3520. The van der Waals surface area contributed by atoms with Crippen molar-refractivity contribution in [2.75, 3.05) is 0 Å². The topological polar surface area (TPSA) is 65.0 Å². The zero-order chi connectivity index (χ0) is 36.0. The van der Waals surface area contributed by atoms with Crippen molar-refractivity contribution in [3.8, 4) is 45.3 Å². The molecule has 0 amide bonds. The molecule has 0 aliphatic carbocycles. The fraction of sp³-hybridized carbons (Fsp3) is 0. The second kappa shape index (κ2) is 11.7. The van der Waals surface area contributed by atoms with E-state index in [0.717, 1.165) is 82.5 Å². The van der Waals surface area contributed by atoms with Gasteiger partial charge in [0.1, 0.15) is 22.3 Å². The van der Waals surface area contributed by atoms with Gasteiger partial charge in [-0.1, -0.05) is 115 Å². The van der Waals surface area contributed by atoms with Gasteiger partial charge in [0, 0.05) is 58.4 Å². The van der Waals surface area contributed by atoms with Gasteiger partial charge in [0.25, 0.3) is 0 Å². The Morgan fingerprint density at radius 1 is 0.345 bits per heavy atom. The van der Waals surface area contributed by atoms with E-state index in [-0.39, 0.29) is 0 Å². The van der Waals surface area contributed by atoms with Gasteiger partial charge in [0.05, 0.1) is 0 Å². The number of rotatable bonds is 4. The zero-order valence-electron chi connectivity index (χ0n) is 29.2. The summed E-state index contributed by atoms with van der Waals surface area (Å²) in [5, 5.41) is 8.72. The van der Waals surface area contributed by atoms with Crippen LogP contribution in [0.4, 0.5) is 0 Å². The predicted octanol–water partition coefficient (Wildman–Crippen LogP) is 13.9. The van der Waals surface area contributed by atoms with Crippen molar-refractivity contribution in [3.63, 3.8) is 0 Å². The van der Waals surface area contributed by atoms with Crippen LogP contribution < -0.4 is 0 Å². The maximum absolute atomic E-state index is 6.65. The maximum Gasteiger partial charge on any atom is 0.164 e. The molecule has 0 N–H and O–H groups in total. The Morgan fingerprint density at radius 3 is 1.78 bits per heavy atom. The number of fused-ring (bicyclic) bond motifs is 10. The van der Waals surface area contributed by atoms with Gasteiger partial charge in [-0.3, -0.25) is 0 Å². The minimum absolute atomic E-state index is 0.568. The van der Waals surface area contributed by atoms with Gasteiger partial charge in [-0.15, -0.1) is 11.3 Å². The van der Waals surface area contributed by atoms with Crippen LogP contribution in [0, 0.1) is 0 Å². The van der Waals surface area contributed by atoms with Gasteiger partial charge >= 0.3 is 0 Å². The Kier molecular flexibility index (Phi) is 6.44. The monoisotopic (exact) mass is 721 g/mol. The van der Waals surface area contributed by atoms with Crippen molar-refractivity contribution in [1.82, 2.24) is 15.0 Å². The van der Waals surface area contributed by atoms with Crippen molar-refractivity contribution in [1.29, 1.82) is 0 Å². The van der Waals surface area contributed by atoms with Crippen LogP contribution in [0.5, 0.6) is 0 Å². The van der Waals surface area contributed by atoms with E-state index in [1.54, 1.807) is 0 Å². The van der Waals surface area contributed by atoms with Crippen molar-refractivity contribution >= 4 is 86.2 Å². The summed E-state index contributed by atoms with van der Waals surface area (Å²) in [7, 11) is 0. The molecule has 0 fully saturated rings. The second-order valence-corrected chi connectivity index (χ2v) is 15.0. The second-order valence-electron chi connectivity index (χ2n) is 13.9. The number of hydrogen-bond donors (Lipinski definition) is 0. The molecule has 8 aromatic carbocycles. The molecule has 0 saturated heterocycles. The van der Waals surface area contributed by atoms with E-state index in [1.807, 2.05) is 53.8 Å². The Morgan fingerprint density at radius 2 is 0.945 bits per heavy atom. The van der Waals surface area contributed by atoms with Crippen LogP contribution in [0.25, 0.3) is 120 Å². The van der Waals surface area contributed by atoms with Crippen LogP contribution in [0.3, 0.4) is 0 Å². The summed E-state index contributed by atoms with van der Waals surface area (Å²) >= 11 is 1.82. The number of benzene rings is 8. The number of para-hydroxylation sites is 2. The summed E-state index contributed by atoms with van der Waals surface area (Å²) < 4.78 is 15.5. The van der Waals surface area contributed by atoms with Crippen molar-refractivity contribution in [2.24, 2.45) is 0 Å². The smallest absolute Gasteiger partial charge is 0.164 e. The standard InChI is InChI=1S/C49H27N3O2S/c1-2-12-29-25-30(24-23-28(29)11-1)47-50-48(36-17-9-20-40-44(36)33-13-3-6-18-38(33)53-40)52-49(51-47)37-26-31(27-41-45(37)34-14-4-7-19-39(34)54-41)32-16-10-22-43-46(32)35-15-5-8-21-42(35)55-43/h1-27H. The summed E-state index contributed by atoms with van der Waals surface area (Å²) in [6.45, 7) is 0. The van der Waals surface area contributed by atoms with Gasteiger partial charge in [-0.05, 0) is 70.4 Å². The zero-order valence-corrected chi connectivity index (χ0v) is 30.0. The summed E-state index contributed by atoms with van der Waals surface area (Å²) in [5.41, 5.74) is 8.04. The highest BCUT2D eigenvalue weighted by molar-refractivity contribution is 7.25. The first-order valence-corrected chi connectivity index (χ1v) is 19.1. The molecule has 12 aromatic rings. The van der Waals surface area contributed by atoms with E-state index in [4.69, 9.17) is 23.8 Å². The predicted molar refractivity (Wildman–Crippen MR) is 227 cm³/mol. The van der Waals surface area contributed by atoms with Gasteiger partial charge in [0.15, 0.2) is 17.5 Å². The number of furan rings is 2. The third-order valence-electron chi connectivity index (χ3n) is 10.7. The average molecular weight is 722 g/mol. The fourth-order valence-corrected chi connectivity index (χ4v) is 9.37. The normalized spacial score (nSPS) is 12.0. The molecule has 0 spiro atoms. The molecule has 0 bridgehead atoms. The molecular weight excluding hydrogens is 695 g/mol. The Balaban J connectivity index is 1.18. The first kappa shape index (κ1) is 30.3. The van der Waals surface area contributed by atoms with Crippen molar-refractivity contribution in [2.45, 2.75) is 0 Å². The lowest BCUT2D eigenvalue weighted by atomic mass is 9.95. The maximum atomic E-state index is 6.65. The molecule has 5 nitrogen and oxygen atoms in total. The van der Waals surface area contributed by atoms with E-state index in [1.165, 1.54) is 20.2 Å². The highest BCUT2D eigenvalue weighted by Gasteiger charge is 2.22. The van der Waals surface area contributed by atoms with Crippen molar-refractivity contribution < 1.29 is 8.83 Å². The Hall–Kier alpha value is -7.15. The molecular formula is C49H27N3O2S. The van der Waals surface area contributed by atoms with Gasteiger partial charge in [0.2, 0.25) is 0 Å². The van der Waals surface area contributed by atoms with Crippen LogP contribution in [0.15, 0.2) is 173 Å². The number of nitrogens with zero attached hydrogens (tertiary/aromatic N) is 3. The van der Waals surface area contributed by atoms with Crippen LogP contribution in [0.2, 0.25) is 0 Å². The molecule has 6 heteroatoms. The number of hydrogen-bond acceptors (Lipinski definition) is 6. The molecule has 0 atom stereocenters. The molecule has 0 radical (unpaired) electrons. The molecule has 0 saturated carbocycles. The largest absolute Gasteiger partial charge is 0.456 e. The number of thiophene rings is 1. The van der Waals surface area contributed by atoms with E-state index < -0.39 is 0 Å². The van der Waals surface area contributed by atoms with Crippen LogP contribution in [-0.4, -0.2) is 15.0 Å². The lowest BCUT2D eigenvalue weighted by molar-refractivity contribution is 0.668. The molecule has 0 aliphatic rings. The Labute approximate surface area is 317 Å². The lowest BCUT2D eigenvalue weighted by Crippen LogP contribution is -2.01. The van der Waals surface area contributed by atoms with Gasteiger partial charge < -0.3 is 8.83 Å². The quantitative estimate of drug-likeness (QED) is 0.181. The molecule has 12 rings (SSSR count). The van der Waals surface area contributed by atoms with Crippen LogP contribution in [-0.2, 0) is 0 Å². The molecule has 4 heterocycles. The lowest BCUT2D eigenvalue weighted by Gasteiger charge is -2.12. The molecule has 0 aliphatic heterocycles. The summed E-state index contributed by atoms with van der Waals surface area (Å²) in [4.78, 5) is 15.9.